The van der Waals surface area contributed by atoms with Crippen LogP contribution in [0.25, 0.3) is 0 Å². The van der Waals surface area contributed by atoms with Gasteiger partial charge in [-0.25, -0.2) is 0 Å². The average Bonchev–Trinajstić information content (AvgIpc) is 3.31. The molecule has 138 valence electrons. The number of likely N-dealkylation sites (tertiary alicyclic amines) is 2. The molecule has 7 heteroatoms. The first-order valence-electron chi connectivity index (χ1n) is 9.50. The summed E-state index contributed by atoms with van der Waals surface area (Å²) < 4.78 is 1.74. The summed E-state index contributed by atoms with van der Waals surface area (Å²) in [7, 11) is 0. The van der Waals surface area contributed by atoms with E-state index in [1.807, 2.05) is 13.1 Å². The maximum Gasteiger partial charge on any atom is 0.274 e. The van der Waals surface area contributed by atoms with Gasteiger partial charge in [0.05, 0.1) is 5.92 Å². The molecule has 3 rings (SSSR count). The fraction of sp³-hybridized carbons (Fsp3) is 0.722. The molecule has 2 amide bonds. The lowest BCUT2D eigenvalue weighted by atomic mass is 10.1. The molecule has 2 saturated heterocycles. The molecule has 0 aromatic carbocycles. The van der Waals surface area contributed by atoms with Crippen LogP contribution in [-0.4, -0.2) is 70.7 Å². The lowest BCUT2D eigenvalue weighted by Crippen LogP contribution is -2.40. The molecule has 0 radical (unpaired) electrons. The van der Waals surface area contributed by atoms with Crippen LogP contribution in [0, 0.1) is 5.92 Å². The Hall–Kier alpha value is -1.89. The van der Waals surface area contributed by atoms with E-state index < -0.39 is 0 Å². The van der Waals surface area contributed by atoms with Crippen molar-refractivity contribution in [1.82, 2.24) is 24.9 Å². The molecular weight excluding hydrogens is 318 g/mol. The number of aromatic nitrogens is 2. The molecule has 25 heavy (non-hydrogen) atoms. The van der Waals surface area contributed by atoms with E-state index in [1.54, 1.807) is 15.6 Å². The zero-order chi connectivity index (χ0) is 17.6. The molecule has 0 saturated carbocycles. The normalized spacial score (nSPS) is 21.5. The van der Waals surface area contributed by atoms with Crippen LogP contribution in [0.2, 0.25) is 0 Å². The minimum absolute atomic E-state index is 0.0733. The van der Waals surface area contributed by atoms with Crippen molar-refractivity contribution in [2.24, 2.45) is 5.92 Å². The van der Waals surface area contributed by atoms with E-state index in [0.29, 0.717) is 25.3 Å². The molecule has 2 aliphatic heterocycles. The second-order valence-corrected chi connectivity index (χ2v) is 6.99. The lowest BCUT2D eigenvalue weighted by Gasteiger charge is -2.26. The molecule has 2 fully saturated rings. The highest BCUT2D eigenvalue weighted by atomic mass is 16.2. The van der Waals surface area contributed by atoms with Gasteiger partial charge in [-0.15, -0.1) is 0 Å². The molecule has 1 atom stereocenters. The second-order valence-electron chi connectivity index (χ2n) is 6.99. The van der Waals surface area contributed by atoms with Crippen molar-refractivity contribution in [1.29, 1.82) is 0 Å². The van der Waals surface area contributed by atoms with Crippen LogP contribution in [0.3, 0.4) is 0 Å². The third-order valence-corrected chi connectivity index (χ3v) is 5.21. The van der Waals surface area contributed by atoms with Gasteiger partial charge in [-0.1, -0.05) is 6.42 Å². The first-order valence-corrected chi connectivity index (χ1v) is 9.50. The van der Waals surface area contributed by atoms with E-state index in [-0.39, 0.29) is 17.7 Å². The number of nitrogens with one attached hydrogen (secondary N) is 1. The van der Waals surface area contributed by atoms with E-state index in [9.17, 15) is 9.59 Å². The molecule has 2 aliphatic rings. The van der Waals surface area contributed by atoms with Crippen LogP contribution in [0.5, 0.6) is 0 Å². The van der Waals surface area contributed by atoms with Crippen LogP contribution in [0.4, 0.5) is 0 Å². The molecule has 1 N–H and O–H groups in total. The SMILES string of the molecule is CCn1ccc(C(=O)N2CC[C@@H](C(=O)NCCN3CCCCC3)C2)n1. The summed E-state index contributed by atoms with van der Waals surface area (Å²) in [6.45, 7) is 7.77. The Labute approximate surface area is 149 Å². The van der Waals surface area contributed by atoms with Gasteiger partial charge in [-0.05, 0) is 45.3 Å². The first kappa shape index (κ1) is 17.9. The summed E-state index contributed by atoms with van der Waals surface area (Å²) in [5.41, 5.74) is 0.466. The van der Waals surface area contributed by atoms with E-state index in [1.165, 1.54) is 19.3 Å². The van der Waals surface area contributed by atoms with Crippen molar-refractivity contribution >= 4 is 11.8 Å². The van der Waals surface area contributed by atoms with Gasteiger partial charge in [-0.3, -0.25) is 14.3 Å². The monoisotopic (exact) mass is 347 g/mol. The largest absolute Gasteiger partial charge is 0.355 e. The van der Waals surface area contributed by atoms with Crippen molar-refractivity contribution in [2.45, 2.75) is 39.2 Å². The Morgan fingerprint density at radius 1 is 1.24 bits per heavy atom. The van der Waals surface area contributed by atoms with E-state index >= 15 is 0 Å². The number of amides is 2. The molecule has 1 aromatic heterocycles. The van der Waals surface area contributed by atoms with E-state index in [0.717, 1.165) is 32.6 Å². The summed E-state index contributed by atoms with van der Waals surface area (Å²) in [6, 6.07) is 1.75. The third kappa shape index (κ3) is 4.60. The highest BCUT2D eigenvalue weighted by molar-refractivity contribution is 5.93. The smallest absolute Gasteiger partial charge is 0.274 e. The molecule has 0 spiro atoms. The number of rotatable bonds is 6. The Kier molecular flexibility index (Phi) is 6.07. The summed E-state index contributed by atoms with van der Waals surface area (Å²) in [6.07, 6.45) is 6.40. The number of nitrogens with zero attached hydrogens (tertiary/aromatic N) is 4. The number of hydrogen-bond donors (Lipinski definition) is 1. The van der Waals surface area contributed by atoms with Crippen molar-refractivity contribution < 1.29 is 9.59 Å². The predicted molar refractivity (Wildman–Crippen MR) is 95.2 cm³/mol. The summed E-state index contributed by atoms with van der Waals surface area (Å²) >= 11 is 0. The number of piperidine rings is 1. The van der Waals surface area contributed by atoms with E-state index in [4.69, 9.17) is 0 Å². The molecule has 3 heterocycles. The van der Waals surface area contributed by atoms with Gasteiger partial charge in [0.1, 0.15) is 5.69 Å². The van der Waals surface area contributed by atoms with Gasteiger partial charge < -0.3 is 15.1 Å². The number of carbonyl (C=O) groups is 2. The fourth-order valence-corrected chi connectivity index (χ4v) is 3.64. The van der Waals surface area contributed by atoms with Crippen LogP contribution in [0.15, 0.2) is 12.3 Å². The van der Waals surface area contributed by atoms with Gasteiger partial charge in [-0.2, -0.15) is 5.10 Å². The van der Waals surface area contributed by atoms with Crippen LogP contribution < -0.4 is 5.32 Å². The maximum absolute atomic E-state index is 12.5. The van der Waals surface area contributed by atoms with Crippen molar-refractivity contribution in [3.05, 3.63) is 18.0 Å². The summed E-state index contributed by atoms with van der Waals surface area (Å²) in [5.74, 6) is -0.0965. The molecule has 0 aliphatic carbocycles. The average molecular weight is 347 g/mol. The van der Waals surface area contributed by atoms with Gasteiger partial charge in [0.15, 0.2) is 0 Å². The molecule has 7 nitrogen and oxygen atoms in total. The minimum atomic E-state index is -0.0985. The standard InChI is InChI=1S/C18H29N5O2/c1-2-23-12-7-16(20-23)18(25)22-11-6-15(14-22)17(24)19-8-13-21-9-4-3-5-10-21/h7,12,15H,2-6,8-11,13-14H2,1H3,(H,19,24)/t15-/m1/s1. The van der Waals surface area contributed by atoms with E-state index in [2.05, 4.69) is 15.3 Å². The number of carbonyl (C=O) groups excluding carboxylic acids is 2. The quantitative estimate of drug-likeness (QED) is 0.832. The van der Waals surface area contributed by atoms with Gasteiger partial charge in [0, 0.05) is 38.9 Å². The fourth-order valence-electron chi connectivity index (χ4n) is 3.64. The van der Waals surface area contributed by atoms with Gasteiger partial charge in [0.25, 0.3) is 5.91 Å². The van der Waals surface area contributed by atoms with Crippen molar-refractivity contribution in [3.63, 3.8) is 0 Å². The first-order chi connectivity index (χ1) is 12.2. The predicted octanol–water partition coefficient (Wildman–Crippen LogP) is 0.967. The molecular formula is C18H29N5O2. The van der Waals surface area contributed by atoms with Crippen molar-refractivity contribution in [3.8, 4) is 0 Å². The lowest BCUT2D eigenvalue weighted by molar-refractivity contribution is -0.124. The highest BCUT2D eigenvalue weighted by Gasteiger charge is 2.32. The van der Waals surface area contributed by atoms with Gasteiger partial charge in [0.2, 0.25) is 5.91 Å². The number of hydrogen-bond acceptors (Lipinski definition) is 4. The van der Waals surface area contributed by atoms with Crippen LogP contribution >= 0.6 is 0 Å². The highest BCUT2D eigenvalue weighted by Crippen LogP contribution is 2.18. The zero-order valence-corrected chi connectivity index (χ0v) is 15.1. The Balaban J connectivity index is 1.42. The molecule has 1 aromatic rings. The maximum atomic E-state index is 12.5. The van der Waals surface area contributed by atoms with Gasteiger partial charge >= 0.3 is 0 Å². The molecule has 0 unspecified atom stereocenters. The van der Waals surface area contributed by atoms with Crippen LogP contribution in [-0.2, 0) is 11.3 Å². The Morgan fingerprint density at radius 3 is 2.76 bits per heavy atom. The second kappa shape index (κ2) is 8.47. The summed E-state index contributed by atoms with van der Waals surface area (Å²) in [5, 5.41) is 7.31. The topological polar surface area (TPSA) is 70.5 Å². The Bertz CT molecular complexity index is 594. The minimum Gasteiger partial charge on any atom is -0.355 e. The third-order valence-electron chi connectivity index (χ3n) is 5.21. The zero-order valence-electron chi connectivity index (χ0n) is 15.1. The summed E-state index contributed by atoms with van der Waals surface area (Å²) in [4.78, 5) is 29.0. The van der Waals surface area contributed by atoms with Crippen molar-refractivity contribution in [2.75, 3.05) is 39.3 Å². The molecule has 0 bridgehead atoms. The Morgan fingerprint density at radius 2 is 2.04 bits per heavy atom. The van der Waals surface area contributed by atoms with Crippen LogP contribution in [0.1, 0.15) is 43.1 Å². The number of aryl methyl sites for hydroxylation is 1.